The minimum Gasteiger partial charge on any atom is -0.347 e. The molecule has 1 aromatic heterocycles. The fourth-order valence-electron chi connectivity index (χ4n) is 3.70. The number of fused-ring (bicyclic) bond motifs is 2. The molecule has 3 unspecified atom stereocenters. The molecule has 3 atom stereocenters. The summed E-state index contributed by atoms with van der Waals surface area (Å²) >= 11 is 1.07. The molecule has 3 N–H and O–H groups in total. The van der Waals surface area contributed by atoms with Gasteiger partial charge in [-0.2, -0.15) is 13.2 Å². The van der Waals surface area contributed by atoms with Crippen molar-refractivity contribution >= 4 is 28.8 Å². The molecule has 148 valence electrons. The van der Waals surface area contributed by atoms with E-state index >= 15 is 0 Å². The second-order valence-electron chi connectivity index (χ2n) is 6.89. The first-order valence-electron chi connectivity index (χ1n) is 8.81. The number of para-hydroxylation sites is 1. The molecule has 6 nitrogen and oxygen atoms in total. The molecule has 0 spiro atoms. The lowest BCUT2D eigenvalue weighted by atomic mass is 9.95. The molecule has 3 heterocycles. The third-order valence-corrected chi connectivity index (χ3v) is 6.04. The summed E-state index contributed by atoms with van der Waals surface area (Å²) in [6.45, 7) is 0. The van der Waals surface area contributed by atoms with Crippen LogP contribution in [0.1, 0.15) is 28.9 Å². The summed E-state index contributed by atoms with van der Waals surface area (Å²) in [5.41, 5.74) is 0.314. The van der Waals surface area contributed by atoms with Gasteiger partial charge in [0.15, 0.2) is 0 Å². The van der Waals surface area contributed by atoms with Crippen molar-refractivity contribution in [2.45, 2.75) is 43.6 Å². The Bertz CT molecular complexity index is 914. The zero-order valence-electron chi connectivity index (χ0n) is 14.5. The van der Waals surface area contributed by atoms with Crippen molar-refractivity contribution in [1.29, 1.82) is 0 Å². The summed E-state index contributed by atoms with van der Waals surface area (Å²) in [5, 5.41) is 8.67. The van der Waals surface area contributed by atoms with Gasteiger partial charge in [0.25, 0.3) is 5.91 Å². The van der Waals surface area contributed by atoms with Crippen molar-refractivity contribution in [2.75, 3.05) is 5.32 Å². The van der Waals surface area contributed by atoms with Gasteiger partial charge in [0.05, 0.1) is 11.9 Å². The van der Waals surface area contributed by atoms with Crippen LogP contribution >= 0.6 is 11.3 Å². The average molecular weight is 410 g/mol. The van der Waals surface area contributed by atoms with E-state index in [1.165, 1.54) is 18.3 Å². The number of hydrogen-bond donors (Lipinski definition) is 3. The zero-order chi connectivity index (χ0) is 19.9. The number of carbonyl (C=O) groups is 2. The normalized spacial score (nSPS) is 23.6. The molecule has 2 aromatic rings. The molecule has 2 amide bonds. The molecule has 10 heteroatoms. The maximum atomic E-state index is 12.6. The van der Waals surface area contributed by atoms with Gasteiger partial charge in [-0.25, -0.2) is 4.98 Å². The quantitative estimate of drug-likeness (QED) is 0.724. The number of amides is 2. The first-order valence-corrected chi connectivity index (χ1v) is 9.63. The molecular formula is C18H17F3N4O2S. The third kappa shape index (κ3) is 3.74. The standard InChI is InChI=1S/C18H17F3N4O2S/c19-18(20,21)17(27)25-11-4-2-1-3-10(11)16-22-8-14(28-16)15(26)24-13-7-9-5-6-12(13)23-9/h1-4,8-9,12-13,23H,5-7H2,(H,24,26)(H,25,27). The van der Waals surface area contributed by atoms with Crippen LogP contribution in [-0.2, 0) is 4.79 Å². The van der Waals surface area contributed by atoms with Gasteiger partial charge in [0, 0.05) is 23.7 Å². The van der Waals surface area contributed by atoms with E-state index in [2.05, 4.69) is 15.6 Å². The van der Waals surface area contributed by atoms with Crippen LogP contribution in [0.2, 0.25) is 0 Å². The van der Waals surface area contributed by atoms with Crippen LogP contribution in [0.15, 0.2) is 30.5 Å². The topological polar surface area (TPSA) is 83.1 Å². The molecule has 0 aliphatic carbocycles. The lowest BCUT2D eigenvalue weighted by molar-refractivity contribution is -0.167. The van der Waals surface area contributed by atoms with Gasteiger partial charge in [-0.1, -0.05) is 12.1 Å². The molecule has 28 heavy (non-hydrogen) atoms. The summed E-state index contributed by atoms with van der Waals surface area (Å²) < 4.78 is 37.7. The van der Waals surface area contributed by atoms with E-state index in [-0.39, 0.29) is 17.6 Å². The maximum Gasteiger partial charge on any atom is 0.471 e. The number of anilines is 1. The van der Waals surface area contributed by atoms with Gasteiger partial charge >= 0.3 is 12.1 Å². The predicted molar refractivity (Wildman–Crippen MR) is 98.1 cm³/mol. The van der Waals surface area contributed by atoms with E-state index in [9.17, 15) is 22.8 Å². The van der Waals surface area contributed by atoms with E-state index in [4.69, 9.17) is 0 Å². The number of nitrogens with zero attached hydrogens (tertiary/aromatic N) is 1. The first-order chi connectivity index (χ1) is 13.3. The number of rotatable bonds is 4. The minimum atomic E-state index is -4.99. The molecule has 2 saturated heterocycles. The molecular weight excluding hydrogens is 393 g/mol. The molecule has 2 aliphatic rings. The highest BCUT2D eigenvalue weighted by molar-refractivity contribution is 7.17. The Morgan fingerprint density at radius 3 is 2.68 bits per heavy atom. The second-order valence-corrected chi connectivity index (χ2v) is 7.92. The summed E-state index contributed by atoms with van der Waals surface area (Å²) in [4.78, 5) is 28.3. The molecule has 2 bridgehead atoms. The molecule has 2 aliphatic heterocycles. The average Bonchev–Trinajstić information content (AvgIpc) is 3.38. The van der Waals surface area contributed by atoms with Gasteiger partial charge in [-0.15, -0.1) is 11.3 Å². The van der Waals surface area contributed by atoms with Crippen LogP contribution in [0.3, 0.4) is 0 Å². The van der Waals surface area contributed by atoms with Crippen LogP contribution in [0, 0.1) is 0 Å². The highest BCUT2D eigenvalue weighted by atomic mass is 32.1. The van der Waals surface area contributed by atoms with Crippen LogP contribution in [-0.4, -0.2) is 41.1 Å². The SMILES string of the molecule is O=C(NC1CC2CCC1N2)c1cnc(-c2ccccc2NC(=O)C(F)(F)F)s1. The van der Waals surface area contributed by atoms with Gasteiger partial charge in [0.2, 0.25) is 0 Å². The minimum absolute atomic E-state index is 0.0107. The Balaban J connectivity index is 1.50. The van der Waals surface area contributed by atoms with Gasteiger partial charge in [-0.3, -0.25) is 9.59 Å². The Morgan fingerprint density at radius 1 is 1.21 bits per heavy atom. The maximum absolute atomic E-state index is 12.6. The van der Waals surface area contributed by atoms with Crippen molar-refractivity contribution in [3.8, 4) is 10.6 Å². The third-order valence-electron chi connectivity index (χ3n) is 5.01. The number of hydrogen-bond acceptors (Lipinski definition) is 5. The van der Waals surface area contributed by atoms with Crippen LogP contribution < -0.4 is 16.0 Å². The molecule has 2 fully saturated rings. The number of thiazole rings is 1. The summed E-state index contributed by atoms with van der Waals surface area (Å²) in [7, 11) is 0. The number of carbonyl (C=O) groups excluding carboxylic acids is 2. The largest absolute Gasteiger partial charge is 0.471 e. The number of benzene rings is 1. The molecule has 0 radical (unpaired) electrons. The Kier molecular flexibility index (Phi) is 4.84. The van der Waals surface area contributed by atoms with E-state index in [1.54, 1.807) is 12.1 Å². The van der Waals surface area contributed by atoms with Crippen molar-refractivity contribution < 1.29 is 22.8 Å². The van der Waals surface area contributed by atoms with E-state index in [1.807, 2.05) is 5.32 Å². The van der Waals surface area contributed by atoms with Crippen LogP contribution in [0.25, 0.3) is 10.6 Å². The first kappa shape index (κ1) is 18.9. The van der Waals surface area contributed by atoms with Gasteiger partial charge in [0.1, 0.15) is 9.88 Å². The summed E-state index contributed by atoms with van der Waals surface area (Å²) in [6.07, 6.45) is -0.527. The Labute approximate surface area is 162 Å². The van der Waals surface area contributed by atoms with Crippen molar-refractivity contribution in [2.24, 2.45) is 0 Å². The second kappa shape index (κ2) is 7.17. The molecule has 4 rings (SSSR count). The predicted octanol–water partition coefficient (Wildman–Crippen LogP) is 2.93. The Hall–Kier alpha value is -2.46. The van der Waals surface area contributed by atoms with Crippen molar-refractivity contribution in [3.05, 3.63) is 35.3 Å². The van der Waals surface area contributed by atoms with Gasteiger partial charge < -0.3 is 16.0 Å². The van der Waals surface area contributed by atoms with E-state index < -0.39 is 12.1 Å². The van der Waals surface area contributed by atoms with Crippen LogP contribution in [0.4, 0.5) is 18.9 Å². The highest BCUT2D eigenvalue weighted by Gasteiger charge is 2.40. The summed E-state index contributed by atoms with van der Waals surface area (Å²) in [6, 6.07) is 6.87. The van der Waals surface area contributed by atoms with Gasteiger partial charge in [-0.05, 0) is 31.4 Å². The lowest BCUT2D eigenvalue weighted by Crippen LogP contribution is -2.42. The fourth-order valence-corrected chi connectivity index (χ4v) is 4.56. The Morgan fingerprint density at radius 2 is 2.00 bits per heavy atom. The van der Waals surface area contributed by atoms with E-state index in [0.717, 1.165) is 30.6 Å². The smallest absolute Gasteiger partial charge is 0.347 e. The fraction of sp³-hybridized carbons (Fsp3) is 0.389. The van der Waals surface area contributed by atoms with E-state index in [0.29, 0.717) is 27.5 Å². The van der Waals surface area contributed by atoms with Crippen LogP contribution in [0.5, 0.6) is 0 Å². The number of nitrogens with one attached hydrogen (secondary N) is 3. The highest BCUT2D eigenvalue weighted by Crippen LogP contribution is 2.33. The number of halogens is 3. The van der Waals surface area contributed by atoms with Crippen molar-refractivity contribution in [3.63, 3.8) is 0 Å². The monoisotopic (exact) mass is 410 g/mol. The lowest BCUT2D eigenvalue weighted by Gasteiger charge is -2.20. The van der Waals surface area contributed by atoms with Crippen molar-refractivity contribution in [1.82, 2.24) is 15.6 Å². The summed E-state index contributed by atoms with van der Waals surface area (Å²) in [5.74, 6) is -2.31. The number of alkyl halides is 3. The molecule has 0 saturated carbocycles. The molecule has 1 aromatic carbocycles. The number of aromatic nitrogens is 1. The zero-order valence-corrected chi connectivity index (χ0v) is 15.4.